The fraction of sp³-hybridized carbons (Fsp3) is 0.312. The largest absolute Gasteiger partial charge is 0.276 e. The number of aryl methyl sites for hydroxylation is 2. The van der Waals surface area contributed by atoms with Gasteiger partial charge < -0.3 is 0 Å². The Labute approximate surface area is 153 Å². The molecule has 0 atom stereocenters. The van der Waals surface area contributed by atoms with Crippen molar-refractivity contribution in [2.75, 3.05) is 0 Å². The van der Waals surface area contributed by atoms with Crippen molar-refractivity contribution in [1.82, 2.24) is 10.3 Å². The van der Waals surface area contributed by atoms with Crippen LogP contribution < -0.4 is 10.3 Å². The molecule has 1 aromatic heterocycles. The smallest absolute Gasteiger partial charge is 0.273 e. The Bertz CT molecular complexity index is 838. The second kappa shape index (κ2) is 7.35. The van der Waals surface area contributed by atoms with Crippen LogP contribution in [0.5, 0.6) is 0 Å². The second-order valence-corrected chi connectivity index (χ2v) is 9.37. The predicted octanol–water partition coefficient (Wildman–Crippen LogP) is 3.40. The average molecular weight is 429 g/mol. The van der Waals surface area contributed by atoms with Crippen LogP contribution in [0.25, 0.3) is 0 Å². The van der Waals surface area contributed by atoms with Crippen molar-refractivity contribution in [3.8, 4) is 0 Å². The third-order valence-electron chi connectivity index (χ3n) is 3.88. The van der Waals surface area contributed by atoms with E-state index in [1.807, 2.05) is 6.07 Å². The highest BCUT2D eigenvalue weighted by Crippen LogP contribution is 2.28. The van der Waals surface area contributed by atoms with Crippen molar-refractivity contribution < 1.29 is 13.2 Å². The van der Waals surface area contributed by atoms with Gasteiger partial charge in [0.05, 0.1) is 9.77 Å². The van der Waals surface area contributed by atoms with Crippen LogP contribution in [0.15, 0.2) is 39.7 Å². The Balaban J connectivity index is 1.69. The van der Waals surface area contributed by atoms with Gasteiger partial charge in [0, 0.05) is 9.35 Å². The van der Waals surface area contributed by atoms with Gasteiger partial charge in [-0.2, -0.15) is 0 Å². The number of nitrogens with one attached hydrogen (secondary N) is 2. The van der Waals surface area contributed by atoms with Crippen LogP contribution >= 0.6 is 27.3 Å². The summed E-state index contributed by atoms with van der Waals surface area (Å²) in [6, 6.07) is 8.18. The van der Waals surface area contributed by atoms with Crippen molar-refractivity contribution in [3.05, 3.63) is 50.1 Å². The molecule has 2 aromatic rings. The van der Waals surface area contributed by atoms with Gasteiger partial charge in [0.25, 0.3) is 15.9 Å². The number of hydrogen-bond donors (Lipinski definition) is 2. The number of carbonyl (C=O) groups excluding carboxylic acids is 1. The predicted molar refractivity (Wildman–Crippen MR) is 97.5 cm³/mol. The zero-order chi connectivity index (χ0) is 17.2. The maximum Gasteiger partial charge on any atom is 0.276 e. The molecule has 1 heterocycles. The van der Waals surface area contributed by atoms with Gasteiger partial charge in [0.15, 0.2) is 0 Å². The van der Waals surface area contributed by atoms with Gasteiger partial charge in [-0.05, 0) is 55.5 Å². The first kappa shape index (κ1) is 17.6. The van der Waals surface area contributed by atoms with E-state index in [0.717, 1.165) is 25.7 Å². The fourth-order valence-corrected chi connectivity index (χ4v) is 5.23. The van der Waals surface area contributed by atoms with E-state index in [4.69, 9.17) is 0 Å². The van der Waals surface area contributed by atoms with Gasteiger partial charge in [0.2, 0.25) is 0 Å². The van der Waals surface area contributed by atoms with E-state index in [0.29, 0.717) is 9.35 Å². The number of rotatable bonds is 4. The summed E-state index contributed by atoms with van der Waals surface area (Å²) in [5, 5.41) is 0. The zero-order valence-electron chi connectivity index (χ0n) is 12.8. The number of thiophene rings is 1. The number of fused-ring (bicyclic) bond motifs is 1. The maximum atomic E-state index is 12.3. The molecule has 0 bridgehead atoms. The minimum atomic E-state index is -3.80. The minimum Gasteiger partial charge on any atom is -0.273 e. The Morgan fingerprint density at radius 2 is 1.92 bits per heavy atom. The minimum absolute atomic E-state index is 0.0825. The van der Waals surface area contributed by atoms with Crippen LogP contribution in [0.4, 0.5) is 0 Å². The average Bonchev–Trinajstić information content (AvgIpc) is 2.84. The summed E-state index contributed by atoms with van der Waals surface area (Å²) in [4.78, 5) is 16.3. The molecule has 1 aliphatic carbocycles. The Kier molecular flexibility index (Phi) is 5.39. The first-order chi connectivity index (χ1) is 11.5. The number of halogens is 1. The molecule has 0 unspecified atom stereocenters. The third-order valence-corrected chi connectivity index (χ3v) is 6.85. The summed E-state index contributed by atoms with van der Waals surface area (Å²) in [5.41, 5.74) is 3.52. The second-order valence-electron chi connectivity index (χ2n) is 5.64. The van der Waals surface area contributed by atoms with Gasteiger partial charge >= 0.3 is 0 Å². The number of hydrazine groups is 1. The molecule has 8 heteroatoms. The van der Waals surface area contributed by atoms with Crippen LogP contribution in [0.2, 0.25) is 0 Å². The molecule has 0 fully saturated rings. The summed E-state index contributed by atoms with van der Waals surface area (Å²) >= 11 is 4.68. The molecule has 0 aliphatic heterocycles. The van der Waals surface area contributed by atoms with Gasteiger partial charge in [0.1, 0.15) is 0 Å². The summed E-state index contributed by atoms with van der Waals surface area (Å²) < 4.78 is 25.1. The molecule has 5 nitrogen and oxygen atoms in total. The molecule has 2 N–H and O–H groups in total. The molecule has 0 radical (unpaired) electrons. The fourth-order valence-electron chi connectivity index (χ4n) is 2.65. The van der Waals surface area contributed by atoms with Crippen molar-refractivity contribution >= 4 is 43.2 Å². The monoisotopic (exact) mass is 428 g/mol. The molecule has 0 saturated heterocycles. The van der Waals surface area contributed by atoms with Crippen molar-refractivity contribution in [1.29, 1.82) is 0 Å². The van der Waals surface area contributed by atoms with Gasteiger partial charge in [-0.1, -0.05) is 28.4 Å². The van der Waals surface area contributed by atoms with E-state index in [2.05, 4.69) is 26.2 Å². The van der Waals surface area contributed by atoms with E-state index in [1.165, 1.54) is 40.3 Å². The molecule has 0 saturated carbocycles. The van der Waals surface area contributed by atoms with Crippen LogP contribution in [0, 0.1) is 0 Å². The first-order valence-electron chi connectivity index (χ1n) is 7.65. The van der Waals surface area contributed by atoms with E-state index >= 15 is 0 Å². The van der Waals surface area contributed by atoms with Crippen LogP contribution in [0.1, 0.15) is 39.4 Å². The SMILES string of the molecule is O=C(NNS(=O)(=O)c1cccc(Br)c1)c1cc2c(s1)CCCCC2. The van der Waals surface area contributed by atoms with Crippen LogP contribution in [0.3, 0.4) is 0 Å². The van der Waals surface area contributed by atoms with E-state index < -0.39 is 15.9 Å². The molecule has 1 aromatic carbocycles. The number of carbonyl (C=O) groups is 1. The summed E-state index contributed by atoms with van der Waals surface area (Å²) in [6.07, 6.45) is 5.49. The molecule has 1 aliphatic rings. The highest BCUT2D eigenvalue weighted by Gasteiger charge is 2.19. The highest BCUT2D eigenvalue weighted by molar-refractivity contribution is 9.10. The van der Waals surface area contributed by atoms with Crippen molar-refractivity contribution in [3.63, 3.8) is 0 Å². The zero-order valence-corrected chi connectivity index (χ0v) is 16.1. The number of hydrogen-bond acceptors (Lipinski definition) is 4. The summed E-state index contributed by atoms with van der Waals surface area (Å²) in [5.74, 6) is -0.424. The quantitative estimate of drug-likeness (QED) is 0.578. The van der Waals surface area contributed by atoms with E-state index in [1.54, 1.807) is 12.1 Å². The van der Waals surface area contributed by atoms with Crippen LogP contribution in [-0.4, -0.2) is 14.3 Å². The molecular weight excluding hydrogens is 412 g/mol. The number of sulfonamides is 1. The summed E-state index contributed by atoms with van der Waals surface area (Å²) in [7, 11) is -3.80. The molecule has 24 heavy (non-hydrogen) atoms. The molecule has 0 spiro atoms. The van der Waals surface area contributed by atoms with Gasteiger partial charge in [-0.25, -0.2) is 8.42 Å². The number of benzene rings is 1. The Morgan fingerprint density at radius 3 is 2.71 bits per heavy atom. The first-order valence-corrected chi connectivity index (χ1v) is 10.7. The topological polar surface area (TPSA) is 75.3 Å². The third kappa shape index (κ3) is 4.05. The lowest BCUT2D eigenvalue weighted by Crippen LogP contribution is -2.41. The van der Waals surface area contributed by atoms with Gasteiger partial charge in [-0.3, -0.25) is 10.2 Å². The summed E-state index contributed by atoms with van der Waals surface area (Å²) in [6.45, 7) is 0. The van der Waals surface area contributed by atoms with E-state index in [9.17, 15) is 13.2 Å². The van der Waals surface area contributed by atoms with Crippen molar-refractivity contribution in [2.45, 2.75) is 37.0 Å². The normalized spacial score (nSPS) is 14.7. The molecule has 128 valence electrons. The molecule has 1 amide bonds. The number of amides is 1. The lowest BCUT2D eigenvalue weighted by Gasteiger charge is -2.07. The molecular formula is C16H17BrN2O3S2. The standard InChI is InChI=1S/C16H17BrN2O3S2/c17-12-6-4-7-13(10-12)24(21,22)19-18-16(20)15-9-11-5-2-1-3-8-14(11)23-15/h4,6-7,9-10,19H,1-3,5,8H2,(H,18,20). The van der Waals surface area contributed by atoms with E-state index in [-0.39, 0.29) is 4.90 Å². The maximum absolute atomic E-state index is 12.3. The van der Waals surface area contributed by atoms with Gasteiger partial charge in [-0.15, -0.1) is 16.2 Å². The Morgan fingerprint density at radius 1 is 1.12 bits per heavy atom. The highest BCUT2D eigenvalue weighted by atomic mass is 79.9. The van der Waals surface area contributed by atoms with Crippen LogP contribution in [-0.2, 0) is 22.9 Å². The lowest BCUT2D eigenvalue weighted by atomic mass is 10.1. The lowest BCUT2D eigenvalue weighted by molar-refractivity contribution is 0.0949. The Hall–Kier alpha value is -1.22. The van der Waals surface area contributed by atoms with Crippen molar-refractivity contribution in [2.24, 2.45) is 0 Å². The molecule has 3 rings (SSSR count).